The van der Waals surface area contributed by atoms with Crippen molar-refractivity contribution in [2.24, 2.45) is 0 Å². The molecule has 0 aliphatic carbocycles. The van der Waals surface area contributed by atoms with Gasteiger partial charge in [-0.15, -0.1) is 11.8 Å². The molecule has 2 aromatic carbocycles. The van der Waals surface area contributed by atoms with E-state index in [1.54, 1.807) is 4.90 Å². The monoisotopic (exact) mass is 354 g/mol. The van der Waals surface area contributed by atoms with Gasteiger partial charge in [-0.3, -0.25) is 9.59 Å². The van der Waals surface area contributed by atoms with Crippen LogP contribution in [0.5, 0.6) is 0 Å². The van der Waals surface area contributed by atoms with Crippen LogP contribution in [0.25, 0.3) is 0 Å². The minimum Gasteiger partial charge on any atom is -0.337 e. The first-order chi connectivity index (χ1) is 12.2. The summed E-state index contributed by atoms with van der Waals surface area (Å²) < 4.78 is 0. The Hall–Kier alpha value is -2.27. The lowest BCUT2D eigenvalue weighted by Crippen LogP contribution is -2.45. The predicted molar refractivity (Wildman–Crippen MR) is 102 cm³/mol. The van der Waals surface area contributed by atoms with Crippen LogP contribution in [0.15, 0.2) is 59.5 Å². The van der Waals surface area contributed by atoms with Crippen molar-refractivity contribution < 1.29 is 9.59 Å². The van der Waals surface area contributed by atoms with Crippen molar-refractivity contribution in [2.75, 3.05) is 23.7 Å². The molecule has 0 fully saturated rings. The Bertz CT molecular complexity index is 748. The summed E-state index contributed by atoms with van der Waals surface area (Å²) in [6.45, 7) is 3.42. The maximum Gasteiger partial charge on any atom is 0.242 e. The second kappa shape index (κ2) is 8.21. The van der Waals surface area contributed by atoms with Crippen LogP contribution in [0.4, 0.5) is 5.69 Å². The van der Waals surface area contributed by atoms with Crippen molar-refractivity contribution >= 4 is 29.3 Å². The maximum atomic E-state index is 12.9. The highest BCUT2D eigenvalue weighted by Crippen LogP contribution is 2.34. The van der Waals surface area contributed by atoms with Crippen molar-refractivity contribution in [3.05, 3.63) is 60.2 Å². The van der Waals surface area contributed by atoms with E-state index in [2.05, 4.69) is 6.92 Å². The number of benzene rings is 2. The van der Waals surface area contributed by atoms with Gasteiger partial charge >= 0.3 is 0 Å². The van der Waals surface area contributed by atoms with E-state index in [1.807, 2.05) is 59.5 Å². The number of hydrogen-bond donors (Lipinski definition) is 0. The van der Waals surface area contributed by atoms with E-state index in [0.29, 0.717) is 18.8 Å². The highest BCUT2D eigenvalue weighted by atomic mass is 32.2. The number of fused-ring (bicyclic) bond motifs is 1. The van der Waals surface area contributed by atoms with E-state index < -0.39 is 0 Å². The van der Waals surface area contributed by atoms with Crippen LogP contribution in [-0.4, -0.2) is 35.6 Å². The van der Waals surface area contributed by atoms with Gasteiger partial charge in [0.15, 0.2) is 0 Å². The summed E-state index contributed by atoms with van der Waals surface area (Å²) in [7, 11) is 0. The Morgan fingerprint density at radius 1 is 1.12 bits per heavy atom. The van der Waals surface area contributed by atoms with Crippen LogP contribution >= 0.6 is 11.8 Å². The van der Waals surface area contributed by atoms with Gasteiger partial charge in [0.25, 0.3) is 0 Å². The highest BCUT2D eigenvalue weighted by Gasteiger charge is 2.27. The Kier molecular flexibility index (Phi) is 5.76. The fraction of sp³-hybridized carbons (Fsp3) is 0.300. The van der Waals surface area contributed by atoms with Gasteiger partial charge in [-0.25, -0.2) is 0 Å². The van der Waals surface area contributed by atoms with Crippen LogP contribution in [0, 0.1) is 0 Å². The van der Waals surface area contributed by atoms with Crippen molar-refractivity contribution in [1.29, 1.82) is 0 Å². The Labute approximate surface area is 152 Å². The van der Waals surface area contributed by atoms with Crippen LogP contribution in [-0.2, 0) is 16.1 Å². The summed E-state index contributed by atoms with van der Waals surface area (Å²) in [4.78, 5) is 29.8. The molecule has 0 radical (unpaired) electrons. The molecule has 0 N–H and O–H groups in total. The van der Waals surface area contributed by atoms with E-state index in [-0.39, 0.29) is 18.4 Å². The predicted octanol–water partition coefficient (Wildman–Crippen LogP) is 3.56. The fourth-order valence-electron chi connectivity index (χ4n) is 2.93. The number of rotatable bonds is 6. The van der Waals surface area contributed by atoms with Gasteiger partial charge in [0.05, 0.1) is 11.4 Å². The quantitative estimate of drug-likeness (QED) is 0.796. The smallest absolute Gasteiger partial charge is 0.242 e. The molecule has 0 aromatic heterocycles. The summed E-state index contributed by atoms with van der Waals surface area (Å²) in [6.07, 6.45) is 0.888. The Morgan fingerprint density at radius 2 is 1.84 bits per heavy atom. The molecule has 1 heterocycles. The van der Waals surface area contributed by atoms with E-state index in [9.17, 15) is 9.59 Å². The van der Waals surface area contributed by atoms with Gasteiger partial charge < -0.3 is 9.80 Å². The molecule has 0 saturated heterocycles. The first-order valence-corrected chi connectivity index (χ1v) is 9.51. The fourth-order valence-corrected chi connectivity index (χ4v) is 3.86. The van der Waals surface area contributed by atoms with Gasteiger partial charge in [-0.2, -0.15) is 0 Å². The molecule has 5 heteroatoms. The third-order valence-corrected chi connectivity index (χ3v) is 5.21. The van der Waals surface area contributed by atoms with Gasteiger partial charge in [0.2, 0.25) is 11.8 Å². The zero-order chi connectivity index (χ0) is 17.6. The lowest BCUT2D eigenvalue weighted by molar-refractivity contribution is -0.131. The molecular formula is C20H22N2O2S. The van der Waals surface area contributed by atoms with Gasteiger partial charge in [0.1, 0.15) is 6.54 Å². The van der Waals surface area contributed by atoms with Gasteiger partial charge in [-0.05, 0) is 24.1 Å². The summed E-state index contributed by atoms with van der Waals surface area (Å²) in [5.41, 5.74) is 1.94. The molecule has 0 atom stereocenters. The molecule has 4 nitrogen and oxygen atoms in total. The van der Waals surface area contributed by atoms with E-state index in [1.165, 1.54) is 11.8 Å². The third kappa shape index (κ3) is 4.23. The van der Waals surface area contributed by atoms with Crippen LogP contribution in [0.3, 0.4) is 0 Å². The summed E-state index contributed by atoms with van der Waals surface area (Å²) in [5.74, 6) is 0.366. The van der Waals surface area contributed by atoms with E-state index in [0.717, 1.165) is 22.6 Å². The summed E-state index contributed by atoms with van der Waals surface area (Å²) >= 11 is 1.53. The molecular weight excluding hydrogens is 332 g/mol. The van der Waals surface area contributed by atoms with Gasteiger partial charge in [0, 0.05) is 18.0 Å². The van der Waals surface area contributed by atoms with E-state index in [4.69, 9.17) is 0 Å². The first-order valence-electron chi connectivity index (χ1n) is 8.53. The average molecular weight is 354 g/mol. The largest absolute Gasteiger partial charge is 0.337 e. The number of hydrogen-bond acceptors (Lipinski definition) is 3. The molecule has 3 rings (SSSR count). The third-order valence-electron chi connectivity index (χ3n) is 4.16. The normalized spacial score (nSPS) is 13.5. The molecule has 130 valence electrons. The molecule has 25 heavy (non-hydrogen) atoms. The second-order valence-corrected chi connectivity index (χ2v) is 7.05. The SMILES string of the molecule is CCCN(Cc1ccccc1)C(=O)CN1C(=O)CSc2ccccc21. The molecule has 0 unspecified atom stereocenters. The Balaban J connectivity index is 1.76. The maximum absolute atomic E-state index is 12.9. The molecule has 2 aromatic rings. The van der Waals surface area contributed by atoms with Crippen molar-refractivity contribution in [2.45, 2.75) is 24.8 Å². The van der Waals surface area contributed by atoms with E-state index >= 15 is 0 Å². The molecule has 0 saturated carbocycles. The number of carbonyl (C=O) groups is 2. The number of nitrogens with zero attached hydrogens (tertiary/aromatic N) is 2. The lowest BCUT2D eigenvalue weighted by atomic mass is 10.2. The minimum atomic E-state index is -0.0132. The zero-order valence-corrected chi connectivity index (χ0v) is 15.2. The number of anilines is 1. The minimum absolute atomic E-state index is 0.00629. The lowest BCUT2D eigenvalue weighted by Gasteiger charge is -2.31. The molecule has 1 aliphatic rings. The molecule has 2 amide bonds. The second-order valence-electron chi connectivity index (χ2n) is 6.04. The van der Waals surface area contributed by atoms with Crippen molar-refractivity contribution in [1.82, 2.24) is 4.90 Å². The Morgan fingerprint density at radius 3 is 2.60 bits per heavy atom. The highest BCUT2D eigenvalue weighted by molar-refractivity contribution is 8.00. The molecule has 1 aliphatic heterocycles. The summed E-state index contributed by atoms with van der Waals surface area (Å²) in [6, 6.07) is 17.7. The van der Waals surface area contributed by atoms with Crippen molar-refractivity contribution in [3.63, 3.8) is 0 Å². The number of thioether (sulfide) groups is 1. The molecule has 0 bridgehead atoms. The van der Waals surface area contributed by atoms with Crippen LogP contribution in [0.1, 0.15) is 18.9 Å². The number of carbonyl (C=O) groups excluding carboxylic acids is 2. The number of para-hydroxylation sites is 1. The van der Waals surface area contributed by atoms with Crippen molar-refractivity contribution in [3.8, 4) is 0 Å². The number of amides is 2. The van der Waals surface area contributed by atoms with Crippen LogP contribution < -0.4 is 4.90 Å². The molecule has 0 spiro atoms. The zero-order valence-electron chi connectivity index (χ0n) is 14.4. The first kappa shape index (κ1) is 17.5. The van der Waals surface area contributed by atoms with Crippen LogP contribution in [0.2, 0.25) is 0 Å². The summed E-state index contributed by atoms with van der Waals surface area (Å²) in [5, 5.41) is 0. The topological polar surface area (TPSA) is 40.6 Å². The average Bonchev–Trinajstić information content (AvgIpc) is 2.64. The van der Waals surface area contributed by atoms with Gasteiger partial charge in [-0.1, -0.05) is 49.4 Å². The standard InChI is InChI=1S/C20H22N2O2S/c1-2-12-21(13-16-8-4-3-5-9-16)19(23)14-22-17-10-6-7-11-18(17)25-15-20(22)24/h3-11H,2,12-15H2,1H3.